The van der Waals surface area contributed by atoms with Gasteiger partial charge < -0.3 is 4.57 Å². The summed E-state index contributed by atoms with van der Waals surface area (Å²) < 4.78 is 52.4. The summed E-state index contributed by atoms with van der Waals surface area (Å²) in [5, 5.41) is 5.21. The number of sulfonamides is 2. The lowest BCUT2D eigenvalue weighted by atomic mass is 10.2. The maximum Gasteiger partial charge on any atom is 0.279 e. The van der Waals surface area contributed by atoms with Crippen molar-refractivity contribution in [2.24, 2.45) is 10.1 Å². The number of terminal acetylenes is 1. The average molecular weight is 531 g/mol. The number of carbonyl (C=O) groups excluding carboxylic acids is 1. The minimum absolute atomic E-state index is 0.0116. The standard InChI is InChI=1S/C23H22N4O5S3/c1-4-13-26(14-5-2)35(31,32)18-9-7-17(8-10-18)22(28)25-23-27(15-6-3)20-12-11-19(34(24,29)30)16-21(20)33-23/h3-5,7-12,16H,1-2,13-15H2,(H2,24,29,30). The van der Waals surface area contributed by atoms with Crippen LogP contribution in [0.3, 0.4) is 0 Å². The molecule has 0 unspecified atom stereocenters. The molecule has 0 atom stereocenters. The molecular formula is C23H22N4O5S3. The fourth-order valence-corrected chi connectivity index (χ4v) is 6.25. The second kappa shape index (κ2) is 10.5. The quantitative estimate of drug-likeness (QED) is 0.334. The number of thiazole rings is 1. The van der Waals surface area contributed by atoms with Crippen molar-refractivity contribution in [2.45, 2.75) is 16.3 Å². The van der Waals surface area contributed by atoms with Gasteiger partial charge in [0.2, 0.25) is 20.0 Å². The molecule has 0 saturated carbocycles. The molecule has 1 amide bonds. The van der Waals surface area contributed by atoms with Crippen LogP contribution in [0.5, 0.6) is 0 Å². The van der Waals surface area contributed by atoms with Crippen molar-refractivity contribution >= 4 is 47.5 Å². The van der Waals surface area contributed by atoms with E-state index in [0.29, 0.717) is 10.2 Å². The van der Waals surface area contributed by atoms with Crippen LogP contribution in [0.1, 0.15) is 10.4 Å². The molecule has 0 aliphatic heterocycles. The van der Waals surface area contributed by atoms with Gasteiger partial charge in [-0.1, -0.05) is 29.4 Å². The molecule has 3 rings (SSSR count). The molecule has 35 heavy (non-hydrogen) atoms. The van der Waals surface area contributed by atoms with Crippen LogP contribution in [-0.4, -0.2) is 44.7 Å². The normalized spacial score (nSPS) is 12.5. The third kappa shape index (κ3) is 5.67. The van der Waals surface area contributed by atoms with Gasteiger partial charge in [-0.15, -0.1) is 19.6 Å². The number of nitrogens with two attached hydrogens (primary N) is 1. The second-order valence-corrected chi connectivity index (χ2v) is 11.7. The zero-order chi connectivity index (χ0) is 25.8. The maximum atomic E-state index is 12.8. The Labute approximate surface area is 207 Å². The lowest BCUT2D eigenvalue weighted by Crippen LogP contribution is -2.31. The van der Waals surface area contributed by atoms with Crippen molar-refractivity contribution in [1.29, 1.82) is 0 Å². The summed E-state index contributed by atoms with van der Waals surface area (Å²) in [6.07, 6.45) is 8.41. The number of rotatable bonds is 9. The average Bonchev–Trinajstić information content (AvgIpc) is 3.15. The molecule has 12 heteroatoms. The molecular weight excluding hydrogens is 508 g/mol. The number of amides is 1. The van der Waals surface area contributed by atoms with Crippen LogP contribution in [0.15, 0.2) is 82.6 Å². The predicted octanol–water partition coefficient (Wildman–Crippen LogP) is 2.09. The largest absolute Gasteiger partial charge is 0.305 e. The van der Waals surface area contributed by atoms with E-state index in [0.717, 1.165) is 11.3 Å². The molecule has 0 aliphatic rings. The highest BCUT2D eigenvalue weighted by Gasteiger charge is 2.22. The van der Waals surface area contributed by atoms with E-state index in [9.17, 15) is 21.6 Å². The van der Waals surface area contributed by atoms with E-state index >= 15 is 0 Å². The van der Waals surface area contributed by atoms with E-state index in [1.807, 2.05) is 0 Å². The van der Waals surface area contributed by atoms with E-state index in [2.05, 4.69) is 24.1 Å². The minimum Gasteiger partial charge on any atom is -0.305 e. The first kappa shape index (κ1) is 26.3. The van der Waals surface area contributed by atoms with Gasteiger partial charge in [0.1, 0.15) is 0 Å². The molecule has 0 fully saturated rings. The summed E-state index contributed by atoms with van der Waals surface area (Å²) in [5.41, 5.74) is 0.760. The predicted molar refractivity (Wildman–Crippen MR) is 136 cm³/mol. The lowest BCUT2D eigenvalue weighted by Gasteiger charge is -2.19. The van der Waals surface area contributed by atoms with Gasteiger partial charge in [-0.25, -0.2) is 22.0 Å². The van der Waals surface area contributed by atoms with Crippen LogP contribution in [0.4, 0.5) is 0 Å². The zero-order valence-electron chi connectivity index (χ0n) is 18.5. The molecule has 3 aromatic rings. The lowest BCUT2D eigenvalue weighted by molar-refractivity contribution is 0.0997. The minimum atomic E-state index is -3.91. The number of hydrogen-bond acceptors (Lipinski definition) is 6. The Kier molecular flexibility index (Phi) is 7.89. The Bertz CT molecular complexity index is 1610. The fraction of sp³-hybridized carbons (Fsp3) is 0.130. The molecule has 0 aliphatic carbocycles. The van der Waals surface area contributed by atoms with E-state index < -0.39 is 26.0 Å². The van der Waals surface area contributed by atoms with Crippen molar-refractivity contribution in [3.05, 3.63) is 78.1 Å². The highest BCUT2D eigenvalue weighted by molar-refractivity contribution is 7.89. The van der Waals surface area contributed by atoms with Crippen molar-refractivity contribution in [3.63, 3.8) is 0 Å². The molecule has 2 aromatic carbocycles. The molecule has 182 valence electrons. The van der Waals surface area contributed by atoms with Crippen LogP contribution in [0.25, 0.3) is 10.2 Å². The van der Waals surface area contributed by atoms with Crippen molar-refractivity contribution in [3.8, 4) is 12.3 Å². The molecule has 9 nitrogen and oxygen atoms in total. The summed E-state index contributed by atoms with van der Waals surface area (Å²) in [6.45, 7) is 7.46. The number of hydrogen-bond donors (Lipinski definition) is 1. The van der Waals surface area contributed by atoms with Crippen LogP contribution in [0, 0.1) is 12.3 Å². The van der Waals surface area contributed by atoms with Crippen LogP contribution < -0.4 is 9.94 Å². The van der Waals surface area contributed by atoms with Gasteiger partial charge in [0, 0.05) is 18.7 Å². The van der Waals surface area contributed by atoms with E-state index in [1.54, 1.807) is 10.6 Å². The van der Waals surface area contributed by atoms with Crippen molar-refractivity contribution in [1.82, 2.24) is 8.87 Å². The molecule has 1 aromatic heterocycles. The van der Waals surface area contributed by atoms with Crippen LogP contribution in [-0.2, 0) is 26.6 Å². The monoisotopic (exact) mass is 530 g/mol. The number of aromatic nitrogens is 1. The molecule has 2 N–H and O–H groups in total. The van der Waals surface area contributed by atoms with Gasteiger partial charge in [0.15, 0.2) is 4.80 Å². The summed E-state index contributed by atoms with van der Waals surface area (Å²) in [4.78, 5) is 17.2. The molecule has 0 radical (unpaired) electrons. The van der Waals surface area contributed by atoms with Gasteiger partial charge in [0.05, 0.1) is 26.6 Å². The van der Waals surface area contributed by atoms with Gasteiger partial charge in [-0.05, 0) is 42.5 Å². The number of fused-ring (bicyclic) bond motifs is 1. The molecule has 0 spiro atoms. The van der Waals surface area contributed by atoms with E-state index in [-0.39, 0.29) is 39.8 Å². The Hall–Kier alpha value is -3.34. The number of nitrogens with zero attached hydrogens (tertiary/aromatic N) is 3. The van der Waals surface area contributed by atoms with Gasteiger partial charge in [-0.2, -0.15) is 9.30 Å². The Morgan fingerprint density at radius 3 is 2.23 bits per heavy atom. The van der Waals surface area contributed by atoms with E-state index in [4.69, 9.17) is 11.6 Å². The van der Waals surface area contributed by atoms with Gasteiger partial charge >= 0.3 is 0 Å². The number of carbonyl (C=O) groups is 1. The highest BCUT2D eigenvalue weighted by Crippen LogP contribution is 2.22. The summed E-state index contributed by atoms with van der Waals surface area (Å²) in [6, 6.07) is 9.69. The second-order valence-electron chi connectivity index (χ2n) is 7.19. The molecule has 0 bridgehead atoms. The third-order valence-electron chi connectivity index (χ3n) is 4.83. The first-order valence-electron chi connectivity index (χ1n) is 10.0. The first-order chi connectivity index (χ1) is 16.5. The third-order valence-corrected chi connectivity index (χ3v) is 8.63. The Balaban J connectivity index is 2.01. The van der Waals surface area contributed by atoms with Crippen LogP contribution >= 0.6 is 11.3 Å². The summed E-state index contributed by atoms with van der Waals surface area (Å²) >= 11 is 1.08. The van der Waals surface area contributed by atoms with Crippen molar-refractivity contribution in [2.75, 3.05) is 13.1 Å². The molecule has 1 heterocycles. The van der Waals surface area contributed by atoms with Crippen LogP contribution in [0.2, 0.25) is 0 Å². The number of primary sulfonamides is 1. The SMILES string of the molecule is C#CCn1c(=NC(=O)c2ccc(S(=O)(=O)N(CC=C)CC=C)cc2)sc2cc(S(N)(=O)=O)ccc21. The van der Waals surface area contributed by atoms with Crippen molar-refractivity contribution < 1.29 is 21.6 Å². The fourth-order valence-electron chi connectivity index (χ4n) is 3.19. The Morgan fingerprint density at radius 1 is 1.09 bits per heavy atom. The van der Waals surface area contributed by atoms with Gasteiger partial charge in [0.25, 0.3) is 5.91 Å². The van der Waals surface area contributed by atoms with Gasteiger partial charge in [-0.3, -0.25) is 4.79 Å². The zero-order valence-corrected chi connectivity index (χ0v) is 20.9. The smallest absolute Gasteiger partial charge is 0.279 e. The number of benzene rings is 2. The first-order valence-corrected chi connectivity index (χ1v) is 13.8. The maximum absolute atomic E-state index is 12.8. The topological polar surface area (TPSA) is 132 Å². The molecule has 0 saturated heterocycles. The summed E-state index contributed by atoms with van der Waals surface area (Å²) in [5.74, 6) is 1.87. The Morgan fingerprint density at radius 2 is 1.69 bits per heavy atom. The highest BCUT2D eigenvalue weighted by atomic mass is 32.2. The van der Waals surface area contributed by atoms with E-state index in [1.165, 1.54) is 52.9 Å². The summed E-state index contributed by atoms with van der Waals surface area (Å²) in [7, 11) is -7.72.